The highest BCUT2D eigenvalue weighted by atomic mass is 16.5. The summed E-state index contributed by atoms with van der Waals surface area (Å²) in [7, 11) is 1.57. The van der Waals surface area contributed by atoms with Gasteiger partial charge in [0.2, 0.25) is 11.8 Å². The Morgan fingerprint density at radius 1 is 1.47 bits per heavy atom. The second kappa shape index (κ2) is 6.33. The van der Waals surface area contributed by atoms with Gasteiger partial charge in [0.15, 0.2) is 0 Å². The molecule has 0 aliphatic carbocycles. The molecule has 19 heavy (non-hydrogen) atoms. The van der Waals surface area contributed by atoms with E-state index in [9.17, 15) is 9.59 Å². The van der Waals surface area contributed by atoms with Crippen LogP contribution < -0.4 is 5.32 Å². The molecule has 106 valence electrons. The summed E-state index contributed by atoms with van der Waals surface area (Å²) in [6.07, 6.45) is 0. The largest absolute Gasteiger partial charge is 0.480 e. The van der Waals surface area contributed by atoms with Crippen LogP contribution in [0, 0.1) is 0 Å². The highest BCUT2D eigenvalue weighted by Crippen LogP contribution is 2.17. The van der Waals surface area contributed by atoms with Gasteiger partial charge in [0.25, 0.3) is 0 Å². The number of amides is 1. The molecule has 1 aromatic rings. The molecule has 0 aliphatic rings. The molecular formula is C12H19N3O4. The van der Waals surface area contributed by atoms with E-state index in [1.165, 1.54) is 11.8 Å². The van der Waals surface area contributed by atoms with Crippen molar-refractivity contribution in [2.75, 3.05) is 18.9 Å². The first-order chi connectivity index (χ1) is 8.81. The van der Waals surface area contributed by atoms with Crippen molar-refractivity contribution in [3.8, 4) is 0 Å². The fraction of sp³-hybridized carbons (Fsp3) is 0.583. The lowest BCUT2D eigenvalue weighted by atomic mass is 10.1. The quantitative estimate of drug-likeness (QED) is 0.804. The Bertz CT molecular complexity index is 456. The van der Waals surface area contributed by atoms with Crippen LogP contribution in [0.3, 0.4) is 0 Å². The Hall–Kier alpha value is -1.89. The maximum absolute atomic E-state index is 11.7. The number of aromatic nitrogens is 1. The fourth-order valence-electron chi connectivity index (χ4n) is 1.35. The Morgan fingerprint density at radius 2 is 2.11 bits per heavy atom. The number of hydrogen-bond acceptors (Lipinski definition) is 5. The number of carbonyl (C=O) groups excluding carboxylic acids is 1. The van der Waals surface area contributed by atoms with Crippen LogP contribution in [0.2, 0.25) is 0 Å². The van der Waals surface area contributed by atoms with E-state index in [1.54, 1.807) is 13.1 Å². The summed E-state index contributed by atoms with van der Waals surface area (Å²) in [6, 6.07) is 0.926. The molecule has 1 heterocycles. The molecule has 1 rings (SSSR count). The number of carboxylic acids is 1. The molecule has 1 atom stereocenters. The number of likely N-dealkylation sites (N-methyl/N-ethyl adjacent to an activating group) is 1. The number of anilines is 1. The summed E-state index contributed by atoms with van der Waals surface area (Å²) in [6.45, 7) is 5.41. The van der Waals surface area contributed by atoms with Crippen molar-refractivity contribution in [3.05, 3.63) is 11.8 Å². The minimum atomic E-state index is -0.975. The topological polar surface area (TPSA) is 95.7 Å². The van der Waals surface area contributed by atoms with Crippen LogP contribution >= 0.6 is 0 Å². The Labute approximate surface area is 111 Å². The summed E-state index contributed by atoms with van der Waals surface area (Å²) in [5, 5.41) is 15.2. The van der Waals surface area contributed by atoms with Crippen molar-refractivity contribution in [1.29, 1.82) is 0 Å². The van der Waals surface area contributed by atoms with Crippen molar-refractivity contribution in [2.24, 2.45) is 0 Å². The predicted molar refractivity (Wildman–Crippen MR) is 68.9 cm³/mol. The van der Waals surface area contributed by atoms with Crippen molar-refractivity contribution in [2.45, 2.75) is 32.7 Å². The van der Waals surface area contributed by atoms with Gasteiger partial charge in [-0.1, -0.05) is 19.0 Å². The summed E-state index contributed by atoms with van der Waals surface area (Å²) in [4.78, 5) is 23.9. The van der Waals surface area contributed by atoms with Crippen molar-refractivity contribution < 1.29 is 19.2 Å². The number of rotatable bonds is 6. The normalized spacial score (nSPS) is 12.7. The van der Waals surface area contributed by atoms with Gasteiger partial charge in [-0.25, -0.2) is 0 Å². The van der Waals surface area contributed by atoms with Crippen LogP contribution in [0.4, 0.5) is 5.88 Å². The van der Waals surface area contributed by atoms with Gasteiger partial charge in [-0.3, -0.25) is 19.8 Å². The monoisotopic (exact) mass is 269 g/mol. The zero-order valence-corrected chi connectivity index (χ0v) is 11.5. The van der Waals surface area contributed by atoms with Gasteiger partial charge in [-0.05, 0) is 19.9 Å². The van der Waals surface area contributed by atoms with E-state index in [0.717, 1.165) is 5.69 Å². The maximum Gasteiger partial charge on any atom is 0.320 e. The molecule has 0 radical (unpaired) electrons. The standard InChI is InChI=1S/C12H19N3O4/c1-7(2)9-5-11(19-14-9)13-10(16)6-15(4)8(3)12(17)18/h5,7-8H,6H2,1-4H3,(H,13,16)(H,17,18). The highest BCUT2D eigenvalue weighted by molar-refractivity contribution is 5.91. The molecule has 2 N–H and O–H groups in total. The lowest BCUT2D eigenvalue weighted by Crippen LogP contribution is -2.40. The number of carboxylic acid groups (broad SMARTS) is 1. The van der Waals surface area contributed by atoms with E-state index in [0.29, 0.717) is 0 Å². The number of nitrogens with one attached hydrogen (secondary N) is 1. The molecule has 7 heteroatoms. The van der Waals surface area contributed by atoms with Gasteiger partial charge in [0.05, 0.1) is 12.2 Å². The third-order valence-corrected chi connectivity index (χ3v) is 2.79. The van der Waals surface area contributed by atoms with Crippen molar-refractivity contribution >= 4 is 17.8 Å². The van der Waals surface area contributed by atoms with E-state index >= 15 is 0 Å². The first-order valence-corrected chi connectivity index (χ1v) is 6.00. The van der Waals surface area contributed by atoms with Gasteiger partial charge in [-0.15, -0.1) is 0 Å². The van der Waals surface area contributed by atoms with Crippen molar-refractivity contribution in [3.63, 3.8) is 0 Å². The number of hydrogen-bond donors (Lipinski definition) is 2. The minimum absolute atomic E-state index is 0.0365. The van der Waals surface area contributed by atoms with E-state index in [2.05, 4.69) is 10.5 Å². The third kappa shape index (κ3) is 4.36. The number of carbonyl (C=O) groups is 2. The van der Waals surface area contributed by atoms with E-state index in [1.807, 2.05) is 13.8 Å². The smallest absolute Gasteiger partial charge is 0.320 e. The molecular weight excluding hydrogens is 250 g/mol. The Kier molecular flexibility index (Phi) is 5.05. The molecule has 0 bridgehead atoms. The van der Waals surface area contributed by atoms with Crippen LogP contribution in [0.25, 0.3) is 0 Å². The summed E-state index contributed by atoms with van der Waals surface area (Å²) in [5.74, 6) is -0.840. The van der Waals surface area contributed by atoms with E-state index < -0.39 is 12.0 Å². The molecule has 1 unspecified atom stereocenters. The fourth-order valence-corrected chi connectivity index (χ4v) is 1.35. The second-order valence-corrected chi connectivity index (χ2v) is 4.75. The lowest BCUT2D eigenvalue weighted by Gasteiger charge is -2.19. The summed E-state index contributed by atoms with van der Waals surface area (Å²) in [5.41, 5.74) is 0.752. The predicted octanol–water partition coefficient (Wildman–Crippen LogP) is 1.14. The lowest BCUT2D eigenvalue weighted by molar-refractivity contribution is -0.142. The van der Waals surface area contributed by atoms with Gasteiger partial charge in [-0.2, -0.15) is 0 Å². The van der Waals surface area contributed by atoms with Gasteiger partial charge < -0.3 is 9.63 Å². The molecule has 0 aromatic carbocycles. The Morgan fingerprint density at radius 3 is 2.58 bits per heavy atom. The number of nitrogens with zero attached hydrogens (tertiary/aromatic N) is 2. The number of aliphatic carboxylic acids is 1. The molecule has 0 saturated heterocycles. The van der Waals surface area contributed by atoms with Crippen LogP contribution in [0.1, 0.15) is 32.4 Å². The maximum atomic E-state index is 11.7. The first kappa shape index (κ1) is 15.2. The summed E-state index contributed by atoms with van der Waals surface area (Å²) >= 11 is 0. The molecule has 0 aliphatic heterocycles. The second-order valence-electron chi connectivity index (χ2n) is 4.75. The van der Waals surface area contributed by atoms with Crippen LogP contribution in [0.15, 0.2) is 10.6 Å². The SMILES string of the molecule is CC(C)c1cc(NC(=O)CN(C)C(C)C(=O)O)on1. The van der Waals surface area contributed by atoms with Gasteiger partial charge in [0.1, 0.15) is 6.04 Å². The van der Waals surface area contributed by atoms with Crippen LogP contribution in [-0.2, 0) is 9.59 Å². The van der Waals surface area contributed by atoms with Crippen molar-refractivity contribution in [1.82, 2.24) is 10.1 Å². The zero-order chi connectivity index (χ0) is 14.6. The Balaban J connectivity index is 2.53. The minimum Gasteiger partial charge on any atom is -0.480 e. The molecule has 1 amide bonds. The first-order valence-electron chi connectivity index (χ1n) is 6.00. The molecule has 7 nitrogen and oxygen atoms in total. The van der Waals surface area contributed by atoms with Crippen LogP contribution in [0.5, 0.6) is 0 Å². The molecule has 1 aromatic heterocycles. The molecule has 0 spiro atoms. The van der Waals surface area contributed by atoms with E-state index in [4.69, 9.17) is 9.63 Å². The molecule has 0 fully saturated rings. The zero-order valence-electron chi connectivity index (χ0n) is 11.5. The van der Waals surface area contributed by atoms with E-state index in [-0.39, 0.29) is 24.3 Å². The third-order valence-electron chi connectivity index (χ3n) is 2.79. The van der Waals surface area contributed by atoms with Gasteiger partial charge in [0, 0.05) is 6.07 Å². The van der Waals surface area contributed by atoms with Crippen LogP contribution in [-0.4, -0.2) is 46.7 Å². The average Bonchev–Trinajstić information content (AvgIpc) is 2.76. The highest BCUT2D eigenvalue weighted by Gasteiger charge is 2.19. The summed E-state index contributed by atoms with van der Waals surface area (Å²) < 4.78 is 4.97. The average molecular weight is 269 g/mol. The molecule has 0 saturated carbocycles. The van der Waals surface area contributed by atoms with Gasteiger partial charge >= 0.3 is 5.97 Å².